The quantitative estimate of drug-likeness (QED) is 0.870. The average Bonchev–Trinajstić information content (AvgIpc) is 2.65. The van der Waals surface area contributed by atoms with Crippen molar-refractivity contribution in [1.82, 2.24) is 9.80 Å². The zero-order valence-electron chi connectivity index (χ0n) is 10.9. The first-order valence-electron chi connectivity index (χ1n) is 6.63. The predicted molar refractivity (Wildman–Crippen MR) is 73.8 cm³/mol. The van der Waals surface area contributed by atoms with E-state index >= 15 is 0 Å². The summed E-state index contributed by atoms with van der Waals surface area (Å²) in [5, 5.41) is 2.94. The van der Waals surface area contributed by atoms with E-state index in [1.807, 2.05) is 35.2 Å². The van der Waals surface area contributed by atoms with Crippen LogP contribution in [0.25, 0.3) is 0 Å². The fraction of sp³-hybridized carbons (Fsp3) is 0.500. The third-order valence-corrected chi connectivity index (χ3v) is 3.35. The maximum absolute atomic E-state index is 12.1. The number of anilines is 1. The number of carbonyl (C=O) groups is 1. The smallest absolute Gasteiger partial charge is 0.321 e. The van der Waals surface area contributed by atoms with E-state index in [1.54, 1.807) is 0 Å². The molecule has 1 aliphatic heterocycles. The lowest BCUT2D eigenvalue weighted by Gasteiger charge is -2.21. The van der Waals surface area contributed by atoms with Crippen LogP contribution < -0.4 is 5.32 Å². The Bertz CT molecular complexity index is 380. The molecule has 18 heavy (non-hydrogen) atoms. The number of amides is 2. The molecule has 0 bridgehead atoms. The molecule has 1 aliphatic rings. The normalized spacial score (nSPS) is 17.3. The average molecular weight is 247 g/mol. The minimum atomic E-state index is 0.0131. The molecule has 1 N–H and O–H groups in total. The fourth-order valence-corrected chi connectivity index (χ4v) is 2.21. The Morgan fingerprint density at radius 1 is 1.17 bits per heavy atom. The van der Waals surface area contributed by atoms with Crippen LogP contribution in [-0.2, 0) is 0 Å². The van der Waals surface area contributed by atoms with Crippen LogP contribution in [0.4, 0.5) is 10.5 Å². The minimum Gasteiger partial charge on any atom is -0.323 e. The predicted octanol–water partition coefficient (Wildman–Crippen LogP) is 2.25. The van der Waals surface area contributed by atoms with Gasteiger partial charge in [-0.05, 0) is 31.6 Å². The number of nitrogens with one attached hydrogen (secondary N) is 1. The van der Waals surface area contributed by atoms with E-state index in [9.17, 15) is 4.79 Å². The molecule has 0 saturated carbocycles. The van der Waals surface area contributed by atoms with Crippen molar-refractivity contribution in [3.63, 3.8) is 0 Å². The van der Waals surface area contributed by atoms with Gasteiger partial charge in [-0.2, -0.15) is 0 Å². The Labute approximate surface area is 109 Å². The molecule has 1 fully saturated rings. The van der Waals surface area contributed by atoms with Crippen LogP contribution in [0.15, 0.2) is 30.3 Å². The number of hydrogen-bond acceptors (Lipinski definition) is 2. The van der Waals surface area contributed by atoms with Crippen LogP contribution in [0.1, 0.15) is 13.3 Å². The molecule has 0 aromatic heterocycles. The van der Waals surface area contributed by atoms with Crippen LogP contribution in [0.3, 0.4) is 0 Å². The summed E-state index contributed by atoms with van der Waals surface area (Å²) in [7, 11) is 0. The second-order valence-electron chi connectivity index (χ2n) is 4.57. The standard InChI is InChI=1S/C14H21N3O/c1-2-16-9-6-10-17(12-11-16)14(18)15-13-7-4-3-5-8-13/h3-5,7-8H,2,6,9-12H2,1H3,(H,15,18). The summed E-state index contributed by atoms with van der Waals surface area (Å²) >= 11 is 0. The molecule has 0 unspecified atom stereocenters. The summed E-state index contributed by atoms with van der Waals surface area (Å²) < 4.78 is 0. The van der Waals surface area contributed by atoms with Crippen molar-refractivity contribution in [2.75, 3.05) is 38.0 Å². The largest absolute Gasteiger partial charge is 0.323 e. The van der Waals surface area contributed by atoms with Gasteiger partial charge >= 0.3 is 6.03 Å². The molecular weight excluding hydrogens is 226 g/mol. The SMILES string of the molecule is CCN1CCCN(C(=O)Nc2ccccc2)CC1. The van der Waals surface area contributed by atoms with Crippen LogP contribution in [0, 0.1) is 0 Å². The Hall–Kier alpha value is -1.55. The molecule has 2 amide bonds. The summed E-state index contributed by atoms with van der Waals surface area (Å²) in [4.78, 5) is 16.4. The molecule has 4 heteroatoms. The summed E-state index contributed by atoms with van der Waals surface area (Å²) in [6, 6.07) is 9.63. The van der Waals surface area contributed by atoms with E-state index < -0.39 is 0 Å². The first-order chi connectivity index (χ1) is 8.79. The maximum atomic E-state index is 12.1. The fourth-order valence-electron chi connectivity index (χ4n) is 2.21. The van der Waals surface area contributed by atoms with Crippen molar-refractivity contribution in [1.29, 1.82) is 0 Å². The zero-order valence-corrected chi connectivity index (χ0v) is 10.9. The van der Waals surface area contributed by atoms with Crippen molar-refractivity contribution >= 4 is 11.7 Å². The number of para-hydroxylation sites is 1. The summed E-state index contributed by atoms with van der Waals surface area (Å²) in [6.07, 6.45) is 1.05. The van der Waals surface area contributed by atoms with E-state index in [1.165, 1.54) is 0 Å². The number of carbonyl (C=O) groups excluding carboxylic acids is 1. The highest BCUT2D eigenvalue weighted by Gasteiger charge is 2.17. The van der Waals surface area contributed by atoms with Gasteiger partial charge in [0.1, 0.15) is 0 Å². The van der Waals surface area contributed by atoms with Gasteiger partial charge in [-0.3, -0.25) is 0 Å². The number of benzene rings is 1. The molecule has 1 aromatic rings. The lowest BCUT2D eigenvalue weighted by molar-refractivity contribution is 0.212. The van der Waals surface area contributed by atoms with Gasteiger partial charge in [-0.1, -0.05) is 25.1 Å². The Morgan fingerprint density at radius 3 is 2.67 bits per heavy atom. The number of hydrogen-bond donors (Lipinski definition) is 1. The molecule has 2 rings (SSSR count). The van der Waals surface area contributed by atoms with Crippen molar-refractivity contribution in [3.8, 4) is 0 Å². The first kappa shape index (κ1) is 12.9. The van der Waals surface area contributed by atoms with E-state index in [2.05, 4.69) is 17.1 Å². The zero-order chi connectivity index (χ0) is 12.8. The number of nitrogens with zero attached hydrogens (tertiary/aromatic N) is 2. The molecular formula is C14H21N3O. The number of urea groups is 1. The third-order valence-electron chi connectivity index (χ3n) is 3.35. The van der Waals surface area contributed by atoms with Crippen LogP contribution in [0.2, 0.25) is 0 Å². The monoisotopic (exact) mass is 247 g/mol. The molecule has 1 aromatic carbocycles. The highest BCUT2D eigenvalue weighted by molar-refractivity contribution is 5.89. The summed E-state index contributed by atoms with van der Waals surface area (Å²) in [5.41, 5.74) is 0.860. The summed E-state index contributed by atoms with van der Waals surface area (Å²) in [6.45, 7) is 6.94. The summed E-state index contributed by atoms with van der Waals surface area (Å²) in [5.74, 6) is 0. The van der Waals surface area contributed by atoms with Gasteiger partial charge in [-0.15, -0.1) is 0 Å². The topological polar surface area (TPSA) is 35.6 Å². The number of likely N-dealkylation sites (N-methyl/N-ethyl adjacent to an activating group) is 1. The molecule has 1 saturated heterocycles. The lowest BCUT2D eigenvalue weighted by atomic mass is 10.3. The van der Waals surface area contributed by atoms with Gasteiger partial charge in [0.05, 0.1) is 0 Å². The van der Waals surface area contributed by atoms with Crippen molar-refractivity contribution < 1.29 is 4.79 Å². The second-order valence-corrected chi connectivity index (χ2v) is 4.57. The van der Waals surface area contributed by atoms with E-state index in [0.717, 1.165) is 44.8 Å². The molecule has 1 heterocycles. The lowest BCUT2D eigenvalue weighted by Crippen LogP contribution is -2.38. The van der Waals surface area contributed by atoms with Gasteiger partial charge in [0, 0.05) is 25.3 Å². The van der Waals surface area contributed by atoms with Gasteiger partial charge in [-0.25, -0.2) is 4.79 Å². The van der Waals surface area contributed by atoms with E-state index in [-0.39, 0.29) is 6.03 Å². The minimum absolute atomic E-state index is 0.0131. The van der Waals surface area contributed by atoms with Crippen LogP contribution in [-0.4, -0.2) is 48.6 Å². The van der Waals surface area contributed by atoms with Crippen molar-refractivity contribution in [2.45, 2.75) is 13.3 Å². The third kappa shape index (κ3) is 3.47. The van der Waals surface area contributed by atoms with E-state index in [0.29, 0.717) is 0 Å². The van der Waals surface area contributed by atoms with Gasteiger partial charge in [0.25, 0.3) is 0 Å². The Morgan fingerprint density at radius 2 is 1.94 bits per heavy atom. The van der Waals surface area contributed by atoms with Gasteiger partial charge in [0.2, 0.25) is 0 Å². The molecule has 98 valence electrons. The second kappa shape index (κ2) is 6.40. The van der Waals surface area contributed by atoms with Gasteiger partial charge in [0.15, 0.2) is 0 Å². The molecule has 4 nitrogen and oxygen atoms in total. The Balaban J connectivity index is 1.89. The van der Waals surface area contributed by atoms with Crippen molar-refractivity contribution in [2.24, 2.45) is 0 Å². The van der Waals surface area contributed by atoms with E-state index in [4.69, 9.17) is 0 Å². The van der Waals surface area contributed by atoms with Crippen molar-refractivity contribution in [3.05, 3.63) is 30.3 Å². The highest BCUT2D eigenvalue weighted by atomic mass is 16.2. The first-order valence-corrected chi connectivity index (χ1v) is 6.63. The maximum Gasteiger partial charge on any atom is 0.321 e. The molecule has 0 radical (unpaired) electrons. The van der Waals surface area contributed by atoms with Crippen LogP contribution >= 0.6 is 0 Å². The Kier molecular flexibility index (Phi) is 4.59. The van der Waals surface area contributed by atoms with Gasteiger partial charge < -0.3 is 15.1 Å². The number of rotatable bonds is 2. The molecule has 0 spiro atoms. The highest BCUT2D eigenvalue weighted by Crippen LogP contribution is 2.08. The molecule has 0 aliphatic carbocycles. The van der Waals surface area contributed by atoms with Crippen LogP contribution in [0.5, 0.6) is 0 Å². The molecule has 0 atom stereocenters.